The molecule has 0 saturated heterocycles. The molecule has 0 bridgehead atoms. The largest absolute Gasteiger partial charge is 0.380 e. The van der Waals surface area contributed by atoms with Gasteiger partial charge in [-0.15, -0.1) is 5.10 Å². The molecule has 2 heterocycles. The van der Waals surface area contributed by atoms with Gasteiger partial charge >= 0.3 is 0 Å². The van der Waals surface area contributed by atoms with Crippen LogP contribution < -0.4 is 16.0 Å². The maximum Gasteiger partial charge on any atom is 0.251 e. The molecule has 2 aromatic heterocycles. The van der Waals surface area contributed by atoms with Crippen LogP contribution in [0.3, 0.4) is 0 Å². The number of hydrogen-bond acceptors (Lipinski definition) is 8. The summed E-state index contributed by atoms with van der Waals surface area (Å²) in [6, 6.07) is 14.7. The Kier molecular flexibility index (Phi) is 7.04. The van der Waals surface area contributed by atoms with Crippen molar-refractivity contribution in [3.63, 3.8) is 0 Å². The summed E-state index contributed by atoms with van der Waals surface area (Å²) >= 11 is 0. The van der Waals surface area contributed by atoms with Gasteiger partial charge in [-0.2, -0.15) is 9.67 Å². The van der Waals surface area contributed by atoms with E-state index in [0.29, 0.717) is 48.1 Å². The Morgan fingerprint density at radius 3 is 2.71 bits per heavy atom. The summed E-state index contributed by atoms with van der Waals surface area (Å²) in [5, 5.41) is 16.9. The minimum atomic E-state index is -0.247. The molecule has 0 fully saturated rings. The first-order valence-corrected chi connectivity index (χ1v) is 10.6. The molecule has 0 aliphatic carbocycles. The molecule has 11 nitrogen and oxygen atoms in total. The molecule has 0 atom stereocenters. The minimum Gasteiger partial charge on any atom is -0.380 e. The third-order valence-corrected chi connectivity index (χ3v) is 4.82. The minimum absolute atomic E-state index is 0.142. The molecule has 4 rings (SSSR count). The van der Waals surface area contributed by atoms with Crippen molar-refractivity contribution in [2.45, 2.75) is 13.5 Å². The molecule has 0 aliphatic heterocycles. The summed E-state index contributed by atoms with van der Waals surface area (Å²) in [7, 11) is 1.65. The average molecular weight is 460 g/mol. The molecule has 0 aliphatic rings. The highest BCUT2D eigenvalue weighted by Gasteiger charge is 2.12. The van der Waals surface area contributed by atoms with Crippen LogP contribution in [0.2, 0.25) is 0 Å². The van der Waals surface area contributed by atoms with Crippen LogP contribution in [0.4, 0.5) is 11.6 Å². The number of amides is 2. The molecule has 0 spiro atoms. The Balaban J connectivity index is 1.51. The van der Waals surface area contributed by atoms with E-state index < -0.39 is 0 Å². The smallest absolute Gasteiger partial charge is 0.251 e. The van der Waals surface area contributed by atoms with Crippen LogP contribution in [0, 0.1) is 0 Å². The normalized spacial score (nSPS) is 10.8. The number of nitrogens with zero attached hydrogens (tertiary/aromatic N) is 5. The fraction of sp³-hybridized carbons (Fsp3) is 0.217. The fourth-order valence-electron chi connectivity index (χ4n) is 3.29. The standard InChI is InChI=1S/C23H24N8O3/c1-15(32)24-9-10-25-22(33)17-6-4-7-18(12-17)27-23-26-13-20-21(28-23)31(30-29-20)19-8-3-5-16(11-19)14-34-2/h3-8,11-13H,9-10,14H2,1-2H3,(H,24,32)(H,25,33)(H,26,27,28). The Morgan fingerprint density at radius 1 is 1.06 bits per heavy atom. The molecule has 174 valence electrons. The van der Waals surface area contributed by atoms with Crippen molar-refractivity contribution in [2.24, 2.45) is 0 Å². The van der Waals surface area contributed by atoms with E-state index in [2.05, 4.69) is 36.2 Å². The van der Waals surface area contributed by atoms with Crippen molar-refractivity contribution in [1.29, 1.82) is 0 Å². The Bertz CT molecular complexity index is 1320. The van der Waals surface area contributed by atoms with E-state index in [9.17, 15) is 9.59 Å². The molecule has 0 unspecified atom stereocenters. The molecule has 2 amide bonds. The lowest BCUT2D eigenvalue weighted by Crippen LogP contribution is -2.33. The predicted octanol–water partition coefficient (Wildman–Crippen LogP) is 1.97. The maximum absolute atomic E-state index is 12.4. The number of carbonyl (C=O) groups excluding carboxylic acids is 2. The van der Waals surface area contributed by atoms with E-state index >= 15 is 0 Å². The van der Waals surface area contributed by atoms with Gasteiger partial charge in [-0.05, 0) is 35.9 Å². The highest BCUT2D eigenvalue weighted by molar-refractivity contribution is 5.95. The molecular formula is C23H24N8O3. The van der Waals surface area contributed by atoms with Crippen molar-refractivity contribution in [1.82, 2.24) is 35.6 Å². The number of aromatic nitrogens is 5. The van der Waals surface area contributed by atoms with Crippen LogP contribution in [0.1, 0.15) is 22.8 Å². The SMILES string of the molecule is COCc1cccc(-n2nnc3cnc(Nc4cccc(C(=O)NCCNC(C)=O)c4)nc32)c1. The quantitative estimate of drug-likeness (QED) is 0.323. The van der Waals surface area contributed by atoms with Crippen molar-refractivity contribution in [3.8, 4) is 5.69 Å². The van der Waals surface area contributed by atoms with Gasteiger partial charge in [0.2, 0.25) is 11.9 Å². The average Bonchev–Trinajstić information content (AvgIpc) is 3.25. The zero-order valence-corrected chi connectivity index (χ0v) is 18.8. The molecule has 3 N–H and O–H groups in total. The number of nitrogens with one attached hydrogen (secondary N) is 3. The number of fused-ring (bicyclic) bond motifs is 1. The Labute approximate surface area is 195 Å². The first kappa shape index (κ1) is 22.8. The van der Waals surface area contributed by atoms with E-state index in [1.54, 1.807) is 36.2 Å². The Morgan fingerprint density at radius 2 is 1.88 bits per heavy atom. The van der Waals surface area contributed by atoms with E-state index in [0.717, 1.165) is 11.3 Å². The van der Waals surface area contributed by atoms with E-state index in [1.807, 2.05) is 30.3 Å². The lowest BCUT2D eigenvalue weighted by Gasteiger charge is -2.09. The lowest BCUT2D eigenvalue weighted by molar-refractivity contribution is -0.118. The third-order valence-electron chi connectivity index (χ3n) is 4.82. The maximum atomic E-state index is 12.4. The second kappa shape index (κ2) is 10.5. The topological polar surface area (TPSA) is 136 Å². The second-order valence-corrected chi connectivity index (χ2v) is 7.45. The summed E-state index contributed by atoms with van der Waals surface area (Å²) in [4.78, 5) is 32.2. The van der Waals surface area contributed by atoms with Crippen molar-refractivity contribution < 1.29 is 14.3 Å². The predicted molar refractivity (Wildman–Crippen MR) is 126 cm³/mol. The van der Waals surface area contributed by atoms with Crippen molar-refractivity contribution in [3.05, 3.63) is 65.9 Å². The number of rotatable bonds is 9. The highest BCUT2D eigenvalue weighted by Crippen LogP contribution is 2.19. The molecule has 0 radical (unpaired) electrons. The van der Waals surface area contributed by atoms with Crippen LogP contribution in [0.15, 0.2) is 54.7 Å². The summed E-state index contributed by atoms with van der Waals surface area (Å²) < 4.78 is 6.85. The monoisotopic (exact) mass is 460 g/mol. The van der Waals surface area contributed by atoms with Gasteiger partial charge in [0.25, 0.3) is 5.91 Å². The molecule has 2 aromatic carbocycles. The summed E-state index contributed by atoms with van der Waals surface area (Å²) in [6.45, 7) is 2.61. The molecule has 4 aromatic rings. The number of methoxy groups -OCH3 is 1. The van der Waals surface area contributed by atoms with Gasteiger partial charge in [0, 0.05) is 38.4 Å². The van der Waals surface area contributed by atoms with Gasteiger partial charge in [-0.1, -0.05) is 23.4 Å². The first-order chi connectivity index (χ1) is 16.5. The van der Waals surface area contributed by atoms with Crippen LogP contribution in [-0.4, -0.2) is 57.0 Å². The second-order valence-electron chi connectivity index (χ2n) is 7.45. The molecule has 34 heavy (non-hydrogen) atoms. The van der Waals surface area contributed by atoms with Crippen LogP contribution >= 0.6 is 0 Å². The van der Waals surface area contributed by atoms with E-state index in [-0.39, 0.29) is 11.8 Å². The zero-order chi connectivity index (χ0) is 23.9. The van der Waals surface area contributed by atoms with Crippen LogP contribution in [0.25, 0.3) is 16.9 Å². The first-order valence-electron chi connectivity index (χ1n) is 10.6. The van der Waals surface area contributed by atoms with Gasteiger partial charge in [0.1, 0.15) is 0 Å². The number of carbonyl (C=O) groups is 2. The lowest BCUT2D eigenvalue weighted by atomic mass is 10.2. The van der Waals surface area contributed by atoms with E-state index in [1.165, 1.54) is 6.92 Å². The number of hydrogen-bond donors (Lipinski definition) is 3. The number of benzene rings is 2. The number of ether oxygens (including phenoxy) is 1. The van der Waals surface area contributed by atoms with Crippen LogP contribution in [0.5, 0.6) is 0 Å². The van der Waals surface area contributed by atoms with Gasteiger partial charge < -0.3 is 20.7 Å². The zero-order valence-electron chi connectivity index (χ0n) is 18.8. The summed E-state index contributed by atoms with van der Waals surface area (Å²) in [6.07, 6.45) is 1.59. The van der Waals surface area contributed by atoms with Crippen molar-refractivity contribution >= 4 is 34.6 Å². The van der Waals surface area contributed by atoms with Gasteiger partial charge in [-0.3, -0.25) is 9.59 Å². The van der Waals surface area contributed by atoms with Gasteiger partial charge in [0.05, 0.1) is 18.5 Å². The third kappa shape index (κ3) is 5.51. The Hall–Kier alpha value is -4.38. The summed E-state index contributed by atoms with van der Waals surface area (Å²) in [5.74, 6) is -0.0486. The fourth-order valence-corrected chi connectivity index (χ4v) is 3.29. The molecular weight excluding hydrogens is 436 g/mol. The molecule has 11 heteroatoms. The van der Waals surface area contributed by atoms with Crippen LogP contribution in [-0.2, 0) is 16.1 Å². The molecule has 0 saturated carbocycles. The summed E-state index contributed by atoms with van der Waals surface area (Å²) in [5.41, 5.74) is 4.02. The van der Waals surface area contributed by atoms with Crippen molar-refractivity contribution in [2.75, 3.05) is 25.5 Å². The highest BCUT2D eigenvalue weighted by atomic mass is 16.5. The van der Waals surface area contributed by atoms with Gasteiger partial charge in [-0.25, -0.2) is 4.98 Å². The number of anilines is 2. The van der Waals surface area contributed by atoms with E-state index in [4.69, 9.17) is 4.74 Å². The van der Waals surface area contributed by atoms with Gasteiger partial charge in [0.15, 0.2) is 11.2 Å².